The molecule has 0 amide bonds. The molecular weight excluding hydrogens is 394 g/mol. The molecule has 3 rings (SSSR count). The van der Waals surface area contributed by atoms with Gasteiger partial charge in [-0.1, -0.05) is 29.8 Å². The second-order valence-electron chi connectivity index (χ2n) is 6.88. The van der Waals surface area contributed by atoms with Gasteiger partial charge in [-0.25, -0.2) is 4.98 Å². The Hall–Kier alpha value is -2.25. The van der Waals surface area contributed by atoms with Crippen LogP contribution in [0.5, 0.6) is 0 Å². The summed E-state index contributed by atoms with van der Waals surface area (Å²) in [6.07, 6.45) is 1.55. The van der Waals surface area contributed by atoms with Crippen LogP contribution in [0.15, 0.2) is 35.3 Å². The molecule has 1 aromatic carbocycles. The second kappa shape index (κ2) is 8.84. The van der Waals surface area contributed by atoms with E-state index in [9.17, 15) is 4.79 Å². The number of rotatable bonds is 5. The topological polar surface area (TPSA) is 71.8 Å². The molecule has 1 atom stereocenters. The highest BCUT2D eigenvalue weighted by atomic mass is 35.5. The highest BCUT2D eigenvalue weighted by Crippen LogP contribution is 2.27. The fourth-order valence-corrected chi connectivity index (χ4v) is 3.45. The molecule has 28 heavy (non-hydrogen) atoms. The lowest BCUT2D eigenvalue weighted by Gasteiger charge is -2.24. The van der Waals surface area contributed by atoms with Gasteiger partial charge in [0.05, 0.1) is 17.6 Å². The predicted molar refractivity (Wildman–Crippen MR) is 122 cm³/mol. The maximum absolute atomic E-state index is 13.2. The summed E-state index contributed by atoms with van der Waals surface area (Å²) in [6, 6.07) is 7.82. The zero-order valence-corrected chi connectivity index (χ0v) is 18.4. The number of aryl methyl sites for hydroxylation is 1. The molecular formula is C20H26ClN5OS. The van der Waals surface area contributed by atoms with Gasteiger partial charge in [-0.3, -0.25) is 4.79 Å². The Balaban J connectivity index is 0.00000280. The predicted octanol–water partition coefficient (Wildman–Crippen LogP) is 4.66. The van der Waals surface area contributed by atoms with Gasteiger partial charge in [0, 0.05) is 18.8 Å². The highest BCUT2D eigenvalue weighted by Gasteiger charge is 2.19. The van der Waals surface area contributed by atoms with Crippen LogP contribution in [0.3, 0.4) is 0 Å². The summed E-state index contributed by atoms with van der Waals surface area (Å²) < 4.78 is 1.83. The molecule has 150 valence electrons. The van der Waals surface area contributed by atoms with Crippen LogP contribution in [0.4, 0.5) is 11.8 Å². The van der Waals surface area contributed by atoms with Crippen molar-refractivity contribution in [2.24, 2.45) is 0 Å². The van der Waals surface area contributed by atoms with Crippen molar-refractivity contribution >= 4 is 47.6 Å². The molecule has 2 aromatic heterocycles. The van der Waals surface area contributed by atoms with E-state index in [0.29, 0.717) is 16.8 Å². The van der Waals surface area contributed by atoms with Gasteiger partial charge in [0.15, 0.2) is 5.82 Å². The number of nitrogens with zero attached hydrogens (tertiary/aromatic N) is 3. The molecule has 0 aliphatic carbocycles. The number of nitrogens with one attached hydrogen (secondary N) is 2. The summed E-state index contributed by atoms with van der Waals surface area (Å²) in [7, 11) is 1.75. The lowest BCUT2D eigenvalue weighted by molar-refractivity contribution is 0.541. The highest BCUT2D eigenvalue weighted by molar-refractivity contribution is 7.59. The van der Waals surface area contributed by atoms with E-state index >= 15 is 0 Å². The zero-order chi connectivity index (χ0) is 19.7. The van der Waals surface area contributed by atoms with Gasteiger partial charge in [0.25, 0.3) is 5.56 Å². The van der Waals surface area contributed by atoms with Crippen molar-refractivity contribution in [1.82, 2.24) is 14.5 Å². The van der Waals surface area contributed by atoms with Crippen molar-refractivity contribution in [2.75, 3.05) is 17.7 Å². The van der Waals surface area contributed by atoms with Gasteiger partial charge in [-0.05, 0) is 44.7 Å². The number of fused-ring (bicyclic) bond motifs is 1. The first-order chi connectivity index (χ1) is 12.8. The summed E-state index contributed by atoms with van der Waals surface area (Å²) >= 11 is 6.25. The number of pyridine rings is 1. The minimum absolute atomic E-state index is 0. The molecule has 2 heterocycles. The van der Waals surface area contributed by atoms with E-state index < -0.39 is 0 Å². The average Bonchev–Trinajstić information content (AvgIpc) is 2.62. The number of aromatic nitrogens is 3. The summed E-state index contributed by atoms with van der Waals surface area (Å²) in [5.41, 5.74) is 1.89. The van der Waals surface area contributed by atoms with Crippen LogP contribution in [0, 0.1) is 6.92 Å². The average molecular weight is 420 g/mol. The van der Waals surface area contributed by atoms with Crippen molar-refractivity contribution in [3.8, 4) is 0 Å². The minimum Gasteiger partial charge on any atom is -0.361 e. The van der Waals surface area contributed by atoms with E-state index in [0.717, 1.165) is 22.0 Å². The van der Waals surface area contributed by atoms with Crippen molar-refractivity contribution in [2.45, 2.75) is 39.8 Å². The smallest absolute Gasteiger partial charge is 0.259 e. The van der Waals surface area contributed by atoms with Crippen LogP contribution in [-0.4, -0.2) is 21.6 Å². The maximum atomic E-state index is 13.2. The fourth-order valence-electron chi connectivity index (χ4n) is 3.30. The Morgan fingerprint density at radius 3 is 2.57 bits per heavy atom. The van der Waals surface area contributed by atoms with Gasteiger partial charge in [0.1, 0.15) is 5.02 Å². The molecule has 0 saturated carbocycles. The first kappa shape index (κ1) is 22.0. The largest absolute Gasteiger partial charge is 0.361 e. The van der Waals surface area contributed by atoms with E-state index in [1.807, 2.05) is 50.5 Å². The van der Waals surface area contributed by atoms with Gasteiger partial charge >= 0.3 is 0 Å². The van der Waals surface area contributed by atoms with Gasteiger partial charge in [-0.2, -0.15) is 18.5 Å². The molecule has 0 unspecified atom stereocenters. The molecule has 0 saturated heterocycles. The zero-order valence-electron chi connectivity index (χ0n) is 16.7. The van der Waals surface area contributed by atoms with Crippen LogP contribution in [-0.2, 0) is 0 Å². The van der Waals surface area contributed by atoms with Crippen LogP contribution in [0.25, 0.3) is 10.8 Å². The van der Waals surface area contributed by atoms with Gasteiger partial charge in [-0.15, -0.1) is 0 Å². The maximum Gasteiger partial charge on any atom is 0.259 e. The first-order valence-electron chi connectivity index (χ1n) is 8.95. The molecule has 3 aromatic rings. The third-order valence-corrected chi connectivity index (χ3v) is 4.88. The van der Waals surface area contributed by atoms with Crippen LogP contribution in [0.2, 0.25) is 5.02 Å². The van der Waals surface area contributed by atoms with E-state index in [1.54, 1.807) is 13.2 Å². The van der Waals surface area contributed by atoms with Crippen molar-refractivity contribution < 1.29 is 0 Å². The molecule has 0 radical (unpaired) electrons. The van der Waals surface area contributed by atoms with Crippen LogP contribution < -0.4 is 16.2 Å². The lowest BCUT2D eigenvalue weighted by atomic mass is 10.0. The molecule has 0 fully saturated rings. The fraction of sp³-hybridized carbons (Fsp3) is 0.350. The van der Waals surface area contributed by atoms with E-state index in [2.05, 4.69) is 26.7 Å². The Kier molecular flexibility index (Phi) is 6.96. The quantitative estimate of drug-likeness (QED) is 0.629. The number of hydrogen-bond acceptors (Lipinski definition) is 5. The van der Waals surface area contributed by atoms with Gasteiger partial charge in [0.2, 0.25) is 5.95 Å². The third-order valence-electron chi connectivity index (χ3n) is 4.60. The molecule has 0 bridgehead atoms. The van der Waals surface area contributed by atoms with Crippen molar-refractivity contribution in [3.63, 3.8) is 0 Å². The Bertz CT molecular complexity index is 1050. The number of hydrogen-bond donors (Lipinski definition) is 2. The second-order valence-corrected chi connectivity index (χ2v) is 7.29. The molecule has 0 spiro atoms. The van der Waals surface area contributed by atoms with Crippen LogP contribution in [0.1, 0.15) is 44.1 Å². The number of benzene rings is 1. The number of anilines is 2. The first-order valence-corrected chi connectivity index (χ1v) is 9.32. The molecule has 6 nitrogen and oxygen atoms in total. The minimum atomic E-state index is -0.179. The Morgan fingerprint density at radius 1 is 1.21 bits per heavy atom. The molecule has 8 heteroatoms. The molecule has 2 N–H and O–H groups in total. The summed E-state index contributed by atoms with van der Waals surface area (Å²) in [6.45, 7) is 7.99. The van der Waals surface area contributed by atoms with Crippen molar-refractivity contribution in [3.05, 3.63) is 57.1 Å². The summed E-state index contributed by atoms with van der Waals surface area (Å²) in [5.74, 6) is 1.00. The van der Waals surface area contributed by atoms with Crippen LogP contribution >= 0.6 is 25.1 Å². The van der Waals surface area contributed by atoms with Crippen molar-refractivity contribution in [1.29, 1.82) is 0 Å². The SMILES string of the molecule is CNc1ncc(Cl)c(N[C@@H](C)c2cc3cccc(C)c3c(=O)n2C(C)C)n1.S. The third kappa shape index (κ3) is 4.10. The van der Waals surface area contributed by atoms with E-state index in [1.165, 1.54) is 0 Å². The van der Waals surface area contributed by atoms with E-state index in [4.69, 9.17) is 11.6 Å². The Labute approximate surface area is 176 Å². The molecule has 0 aliphatic heterocycles. The number of halogens is 1. The monoisotopic (exact) mass is 419 g/mol. The molecule has 0 aliphatic rings. The van der Waals surface area contributed by atoms with Gasteiger partial charge < -0.3 is 15.2 Å². The van der Waals surface area contributed by atoms with E-state index in [-0.39, 0.29) is 31.1 Å². The Morgan fingerprint density at radius 2 is 1.93 bits per heavy atom. The summed E-state index contributed by atoms with van der Waals surface area (Å²) in [4.78, 5) is 21.7. The lowest BCUT2D eigenvalue weighted by Crippen LogP contribution is -2.28. The standard InChI is InChI=1S/C20H24ClN5O.H2S/c1-11(2)26-16(9-14-8-6-7-12(3)17(14)19(26)27)13(4)24-18-15(21)10-23-20(22-5)25-18;/h6-11,13H,1-5H3,(H2,22,23,24,25);1H2/t13-;/m0./s1. The summed E-state index contributed by atoms with van der Waals surface area (Å²) in [5, 5.41) is 8.35. The normalized spacial score (nSPS) is 12.0.